The first-order chi connectivity index (χ1) is 7.57. The molecule has 88 valence electrons. The fraction of sp³-hybridized carbons (Fsp3) is 0.571. The monoisotopic (exact) mass is 218 g/mol. The lowest BCUT2D eigenvalue weighted by molar-refractivity contribution is 0.306. The minimum Gasteiger partial charge on any atom is -0.324 e. The maximum absolute atomic E-state index is 6.09. The Bertz CT molecular complexity index is 338. The van der Waals surface area contributed by atoms with Crippen LogP contribution in [-0.4, -0.2) is 30.6 Å². The molecule has 0 spiro atoms. The van der Waals surface area contributed by atoms with E-state index in [2.05, 4.69) is 43.1 Å². The predicted molar refractivity (Wildman–Crippen MR) is 68.5 cm³/mol. The van der Waals surface area contributed by atoms with E-state index >= 15 is 0 Å². The van der Waals surface area contributed by atoms with Gasteiger partial charge in [0.25, 0.3) is 0 Å². The first kappa shape index (κ1) is 11.6. The highest BCUT2D eigenvalue weighted by atomic mass is 15.1. The summed E-state index contributed by atoms with van der Waals surface area (Å²) in [7, 11) is 2.17. The molecule has 0 unspecified atom stereocenters. The number of nitrogens with zero attached hydrogens (tertiary/aromatic N) is 1. The zero-order valence-electron chi connectivity index (χ0n) is 10.4. The third kappa shape index (κ3) is 3.32. The summed E-state index contributed by atoms with van der Waals surface area (Å²) in [4.78, 5) is 2.35. The molecule has 1 fully saturated rings. The molecule has 0 saturated heterocycles. The molecule has 1 aliphatic carbocycles. The summed E-state index contributed by atoms with van der Waals surface area (Å²) in [5.41, 5.74) is 8.98. The van der Waals surface area contributed by atoms with Crippen LogP contribution in [0.15, 0.2) is 24.3 Å². The van der Waals surface area contributed by atoms with Crippen LogP contribution in [0.5, 0.6) is 0 Å². The van der Waals surface area contributed by atoms with Gasteiger partial charge in [0, 0.05) is 18.6 Å². The van der Waals surface area contributed by atoms with Crippen molar-refractivity contribution in [2.24, 2.45) is 5.73 Å². The molecular formula is C14H22N2. The Kier molecular flexibility index (Phi) is 3.31. The minimum absolute atomic E-state index is 0.141. The smallest absolute Gasteiger partial charge is 0.0284 e. The van der Waals surface area contributed by atoms with Crippen molar-refractivity contribution in [2.45, 2.75) is 31.7 Å². The van der Waals surface area contributed by atoms with Crippen molar-refractivity contribution in [1.82, 2.24) is 4.90 Å². The van der Waals surface area contributed by atoms with Crippen LogP contribution in [0, 0.1) is 6.92 Å². The van der Waals surface area contributed by atoms with Crippen LogP contribution in [0.3, 0.4) is 0 Å². The van der Waals surface area contributed by atoms with E-state index in [0.717, 1.165) is 19.5 Å². The fourth-order valence-electron chi connectivity index (χ4n) is 2.01. The summed E-state index contributed by atoms with van der Waals surface area (Å²) in [5.74, 6) is 0. The van der Waals surface area contributed by atoms with Crippen molar-refractivity contribution < 1.29 is 0 Å². The van der Waals surface area contributed by atoms with Crippen LogP contribution in [0.2, 0.25) is 0 Å². The lowest BCUT2D eigenvalue weighted by Crippen LogP contribution is -2.38. The highest BCUT2D eigenvalue weighted by Gasteiger charge is 2.38. The van der Waals surface area contributed by atoms with Crippen LogP contribution in [0.25, 0.3) is 0 Å². The van der Waals surface area contributed by atoms with E-state index in [4.69, 9.17) is 5.73 Å². The molecule has 2 heteroatoms. The van der Waals surface area contributed by atoms with Gasteiger partial charge < -0.3 is 10.6 Å². The van der Waals surface area contributed by atoms with Gasteiger partial charge in [0.15, 0.2) is 0 Å². The molecule has 0 aromatic heterocycles. The molecule has 2 N–H and O–H groups in total. The summed E-state index contributed by atoms with van der Waals surface area (Å²) in [6, 6.07) is 8.80. The molecule has 1 saturated carbocycles. The number of rotatable bonds is 5. The number of benzene rings is 1. The van der Waals surface area contributed by atoms with Gasteiger partial charge in [-0.25, -0.2) is 0 Å². The van der Waals surface area contributed by atoms with E-state index in [1.54, 1.807) is 0 Å². The lowest BCUT2D eigenvalue weighted by atomic mass is 10.1. The van der Waals surface area contributed by atoms with Gasteiger partial charge >= 0.3 is 0 Å². The molecule has 2 rings (SSSR count). The second-order valence-electron chi connectivity index (χ2n) is 5.34. The molecular weight excluding hydrogens is 196 g/mol. The molecule has 1 aliphatic rings. The van der Waals surface area contributed by atoms with Crippen LogP contribution in [0.4, 0.5) is 0 Å². The quantitative estimate of drug-likeness (QED) is 0.818. The number of nitrogens with two attached hydrogens (primary N) is 1. The average molecular weight is 218 g/mol. The van der Waals surface area contributed by atoms with Crippen molar-refractivity contribution in [1.29, 1.82) is 0 Å². The number of aryl methyl sites for hydroxylation is 1. The van der Waals surface area contributed by atoms with Gasteiger partial charge in [-0.15, -0.1) is 0 Å². The van der Waals surface area contributed by atoms with Crippen molar-refractivity contribution in [3.63, 3.8) is 0 Å². The summed E-state index contributed by atoms with van der Waals surface area (Å²) < 4.78 is 0. The second kappa shape index (κ2) is 4.56. The van der Waals surface area contributed by atoms with E-state index in [1.165, 1.54) is 24.0 Å². The topological polar surface area (TPSA) is 29.3 Å². The molecule has 2 nitrogen and oxygen atoms in total. The largest absolute Gasteiger partial charge is 0.324 e. The van der Waals surface area contributed by atoms with Crippen molar-refractivity contribution in [2.75, 3.05) is 20.1 Å². The third-order valence-electron chi connectivity index (χ3n) is 3.38. The maximum Gasteiger partial charge on any atom is 0.0284 e. The number of hydrogen-bond acceptors (Lipinski definition) is 2. The Morgan fingerprint density at radius 1 is 1.25 bits per heavy atom. The standard InChI is InChI=1S/C14H22N2/c1-12-3-5-13(6-4-12)7-10-16(2)11-14(15)8-9-14/h3-6H,7-11,15H2,1-2H3. The van der Waals surface area contributed by atoms with E-state index in [0.29, 0.717) is 0 Å². The zero-order chi connectivity index (χ0) is 11.6. The molecule has 0 bridgehead atoms. The van der Waals surface area contributed by atoms with Crippen molar-refractivity contribution in [3.8, 4) is 0 Å². The van der Waals surface area contributed by atoms with E-state index in [1.807, 2.05) is 0 Å². The summed E-state index contributed by atoms with van der Waals surface area (Å²) in [6.07, 6.45) is 3.51. The first-order valence-electron chi connectivity index (χ1n) is 6.10. The van der Waals surface area contributed by atoms with Gasteiger partial charge in [0.05, 0.1) is 0 Å². The molecule has 1 aromatic carbocycles. The van der Waals surface area contributed by atoms with Gasteiger partial charge in [0.1, 0.15) is 0 Å². The highest BCUT2D eigenvalue weighted by Crippen LogP contribution is 2.32. The van der Waals surface area contributed by atoms with Gasteiger partial charge in [-0.05, 0) is 38.8 Å². The maximum atomic E-state index is 6.09. The van der Waals surface area contributed by atoms with Crippen LogP contribution in [0.1, 0.15) is 24.0 Å². The summed E-state index contributed by atoms with van der Waals surface area (Å²) in [6.45, 7) is 4.27. The minimum atomic E-state index is 0.141. The second-order valence-corrected chi connectivity index (χ2v) is 5.34. The van der Waals surface area contributed by atoms with Gasteiger partial charge in [-0.2, -0.15) is 0 Å². The van der Waals surface area contributed by atoms with Gasteiger partial charge in [-0.3, -0.25) is 0 Å². The van der Waals surface area contributed by atoms with Crippen LogP contribution in [-0.2, 0) is 6.42 Å². The van der Waals surface area contributed by atoms with E-state index in [9.17, 15) is 0 Å². The lowest BCUT2D eigenvalue weighted by Gasteiger charge is -2.20. The zero-order valence-corrected chi connectivity index (χ0v) is 10.4. The first-order valence-corrected chi connectivity index (χ1v) is 6.10. The molecule has 0 heterocycles. The average Bonchev–Trinajstić information content (AvgIpc) is 2.95. The Morgan fingerprint density at radius 3 is 2.44 bits per heavy atom. The molecule has 0 amide bonds. The number of hydrogen-bond donors (Lipinski definition) is 1. The Labute approximate surface area is 98.4 Å². The van der Waals surface area contributed by atoms with E-state index in [-0.39, 0.29) is 5.54 Å². The van der Waals surface area contributed by atoms with Gasteiger partial charge in [-0.1, -0.05) is 29.8 Å². The molecule has 0 aliphatic heterocycles. The van der Waals surface area contributed by atoms with E-state index < -0.39 is 0 Å². The summed E-state index contributed by atoms with van der Waals surface area (Å²) >= 11 is 0. The molecule has 16 heavy (non-hydrogen) atoms. The molecule has 1 aromatic rings. The Balaban J connectivity index is 1.76. The van der Waals surface area contributed by atoms with Crippen molar-refractivity contribution in [3.05, 3.63) is 35.4 Å². The Morgan fingerprint density at radius 2 is 1.88 bits per heavy atom. The highest BCUT2D eigenvalue weighted by molar-refractivity contribution is 5.21. The normalized spacial score (nSPS) is 17.8. The SMILES string of the molecule is Cc1ccc(CCN(C)CC2(N)CC2)cc1. The molecule has 0 atom stereocenters. The fourth-order valence-corrected chi connectivity index (χ4v) is 2.01. The van der Waals surface area contributed by atoms with Gasteiger partial charge in [0.2, 0.25) is 0 Å². The molecule has 0 radical (unpaired) electrons. The van der Waals surface area contributed by atoms with Crippen molar-refractivity contribution >= 4 is 0 Å². The van der Waals surface area contributed by atoms with Crippen LogP contribution < -0.4 is 5.73 Å². The summed E-state index contributed by atoms with van der Waals surface area (Å²) in [5, 5.41) is 0. The predicted octanol–water partition coefficient (Wildman–Crippen LogP) is 1.96. The Hall–Kier alpha value is -0.860. The van der Waals surface area contributed by atoms with Crippen LogP contribution >= 0.6 is 0 Å². The number of likely N-dealkylation sites (N-methyl/N-ethyl adjacent to an activating group) is 1. The third-order valence-corrected chi connectivity index (χ3v) is 3.38.